The molecule has 0 unspecified atom stereocenters. The van der Waals surface area contributed by atoms with Crippen LogP contribution in [0.4, 0.5) is 0 Å². The van der Waals surface area contributed by atoms with Crippen molar-refractivity contribution in [2.45, 2.75) is 13.3 Å². The van der Waals surface area contributed by atoms with Crippen molar-refractivity contribution >= 4 is 11.6 Å². The average Bonchev–Trinajstić information content (AvgIpc) is 2.42. The maximum atomic E-state index is 6.10. The Morgan fingerprint density at radius 3 is 2.58 bits per heavy atom. The van der Waals surface area contributed by atoms with Crippen LogP contribution in [0.2, 0.25) is 5.02 Å². The van der Waals surface area contributed by atoms with Gasteiger partial charge in [-0.15, -0.1) is 0 Å². The molecule has 0 heterocycles. The second-order valence-corrected chi connectivity index (χ2v) is 4.97. The van der Waals surface area contributed by atoms with Crippen LogP contribution in [0, 0.1) is 6.92 Å². The zero-order valence-electron chi connectivity index (χ0n) is 11.2. The molecule has 0 saturated carbocycles. The summed E-state index contributed by atoms with van der Waals surface area (Å²) in [4.78, 5) is 0. The van der Waals surface area contributed by atoms with E-state index < -0.39 is 0 Å². The SMILES string of the molecule is COc1ccc(CCN)cc1-c1cc(Cl)ccc1C. The molecule has 0 amide bonds. The Labute approximate surface area is 119 Å². The number of halogens is 1. The van der Waals surface area contributed by atoms with Gasteiger partial charge < -0.3 is 10.5 Å². The molecule has 100 valence electrons. The number of hydrogen-bond acceptors (Lipinski definition) is 2. The Kier molecular flexibility index (Phi) is 4.46. The summed E-state index contributed by atoms with van der Waals surface area (Å²) in [5.41, 5.74) is 10.2. The van der Waals surface area contributed by atoms with E-state index in [2.05, 4.69) is 19.1 Å². The number of nitrogens with two attached hydrogens (primary N) is 1. The van der Waals surface area contributed by atoms with Crippen molar-refractivity contribution in [2.24, 2.45) is 5.73 Å². The molecule has 2 aromatic rings. The van der Waals surface area contributed by atoms with E-state index in [1.165, 1.54) is 11.1 Å². The van der Waals surface area contributed by atoms with Crippen molar-refractivity contribution in [2.75, 3.05) is 13.7 Å². The number of aryl methyl sites for hydroxylation is 1. The molecule has 0 bridgehead atoms. The summed E-state index contributed by atoms with van der Waals surface area (Å²) in [6.07, 6.45) is 0.858. The zero-order valence-corrected chi connectivity index (χ0v) is 12.0. The first kappa shape index (κ1) is 13.9. The number of hydrogen-bond donors (Lipinski definition) is 1. The van der Waals surface area contributed by atoms with Gasteiger partial charge in [-0.2, -0.15) is 0 Å². The van der Waals surface area contributed by atoms with Crippen molar-refractivity contribution in [3.05, 3.63) is 52.5 Å². The van der Waals surface area contributed by atoms with E-state index in [9.17, 15) is 0 Å². The van der Waals surface area contributed by atoms with Gasteiger partial charge in [0.1, 0.15) is 5.75 Å². The highest BCUT2D eigenvalue weighted by Gasteiger charge is 2.10. The minimum atomic E-state index is 0.639. The molecule has 0 atom stereocenters. The van der Waals surface area contributed by atoms with Crippen LogP contribution < -0.4 is 10.5 Å². The summed E-state index contributed by atoms with van der Waals surface area (Å²) < 4.78 is 5.45. The predicted octanol–water partition coefficient (Wildman–Crippen LogP) is 3.83. The summed E-state index contributed by atoms with van der Waals surface area (Å²) in [6.45, 7) is 2.71. The topological polar surface area (TPSA) is 35.2 Å². The van der Waals surface area contributed by atoms with Gasteiger partial charge in [0.2, 0.25) is 0 Å². The number of methoxy groups -OCH3 is 1. The van der Waals surface area contributed by atoms with Crippen LogP contribution in [0.15, 0.2) is 36.4 Å². The van der Waals surface area contributed by atoms with Crippen molar-refractivity contribution in [3.63, 3.8) is 0 Å². The van der Waals surface area contributed by atoms with Gasteiger partial charge in [0.05, 0.1) is 7.11 Å². The summed E-state index contributed by atoms with van der Waals surface area (Å²) >= 11 is 6.10. The number of ether oxygens (including phenoxy) is 1. The molecule has 3 heteroatoms. The first-order valence-electron chi connectivity index (χ1n) is 6.29. The maximum absolute atomic E-state index is 6.10. The van der Waals surface area contributed by atoms with E-state index >= 15 is 0 Å². The molecule has 0 aliphatic carbocycles. The molecule has 2 aromatic carbocycles. The van der Waals surface area contributed by atoms with Gasteiger partial charge in [0.15, 0.2) is 0 Å². The van der Waals surface area contributed by atoms with Crippen LogP contribution in [-0.4, -0.2) is 13.7 Å². The van der Waals surface area contributed by atoms with E-state index in [4.69, 9.17) is 22.1 Å². The zero-order chi connectivity index (χ0) is 13.8. The lowest BCUT2D eigenvalue weighted by molar-refractivity contribution is 0.416. The lowest BCUT2D eigenvalue weighted by atomic mass is 9.97. The Hall–Kier alpha value is -1.51. The highest BCUT2D eigenvalue weighted by molar-refractivity contribution is 6.30. The molecule has 2 nitrogen and oxygen atoms in total. The first-order chi connectivity index (χ1) is 9.15. The van der Waals surface area contributed by atoms with E-state index in [0.717, 1.165) is 28.3 Å². The quantitative estimate of drug-likeness (QED) is 0.920. The third kappa shape index (κ3) is 3.09. The summed E-state index contributed by atoms with van der Waals surface area (Å²) in [5.74, 6) is 0.853. The van der Waals surface area contributed by atoms with E-state index in [0.29, 0.717) is 6.54 Å². The van der Waals surface area contributed by atoms with Gasteiger partial charge in [0.25, 0.3) is 0 Å². The van der Waals surface area contributed by atoms with Crippen LogP contribution in [0.25, 0.3) is 11.1 Å². The second-order valence-electron chi connectivity index (χ2n) is 4.53. The molecule has 0 spiro atoms. The molecule has 2 N–H and O–H groups in total. The summed E-state index contributed by atoms with van der Waals surface area (Å²) in [5, 5.41) is 0.729. The lowest BCUT2D eigenvalue weighted by Gasteiger charge is -2.13. The fraction of sp³-hybridized carbons (Fsp3) is 0.250. The van der Waals surface area contributed by atoms with Crippen LogP contribution >= 0.6 is 11.6 Å². The monoisotopic (exact) mass is 275 g/mol. The van der Waals surface area contributed by atoms with E-state index in [1.54, 1.807) is 7.11 Å². The fourth-order valence-corrected chi connectivity index (χ4v) is 2.34. The molecule has 0 aliphatic rings. The Morgan fingerprint density at radius 2 is 1.89 bits per heavy atom. The molecule has 19 heavy (non-hydrogen) atoms. The van der Waals surface area contributed by atoms with Gasteiger partial charge in [0, 0.05) is 10.6 Å². The van der Waals surface area contributed by atoms with E-state index in [1.807, 2.05) is 24.3 Å². The molecular formula is C16H18ClNO. The second kappa shape index (κ2) is 6.09. The standard InChI is InChI=1S/C16H18ClNO/c1-11-3-5-13(17)10-14(11)15-9-12(7-8-18)4-6-16(15)19-2/h3-6,9-10H,7-8,18H2,1-2H3. The van der Waals surface area contributed by atoms with Gasteiger partial charge in [-0.05, 0) is 60.8 Å². The minimum absolute atomic E-state index is 0.639. The smallest absolute Gasteiger partial charge is 0.126 e. The van der Waals surface area contributed by atoms with Gasteiger partial charge in [-0.1, -0.05) is 23.7 Å². The molecule has 2 rings (SSSR count). The number of benzene rings is 2. The van der Waals surface area contributed by atoms with E-state index in [-0.39, 0.29) is 0 Å². The van der Waals surface area contributed by atoms with Gasteiger partial charge in [-0.25, -0.2) is 0 Å². The normalized spacial score (nSPS) is 10.5. The van der Waals surface area contributed by atoms with Crippen molar-refractivity contribution in [1.82, 2.24) is 0 Å². The summed E-state index contributed by atoms with van der Waals surface area (Å²) in [6, 6.07) is 12.1. The predicted molar refractivity (Wildman–Crippen MR) is 80.9 cm³/mol. The third-order valence-corrected chi connectivity index (χ3v) is 3.42. The largest absolute Gasteiger partial charge is 0.496 e. The summed E-state index contributed by atoms with van der Waals surface area (Å²) in [7, 11) is 1.68. The maximum Gasteiger partial charge on any atom is 0.126 e. The lowest BCUT2D eigenvalue weighted by Crippen LogP contribution is -2.03. The van der Waals surface area contributed by atoms with Crippen molar-refractivity contribution in [3.8, 4) is 16.9 Å². The van der Waals surface area contributed by atoms with Crippen LogP contribution in [0.1, 0.15) is 11.1 Å². The molecule has 0 aliphatic heterocycles. The van der Waals surface area contributed by atoms with Gasteiger partial charge >= 0.3 is 0 Å². The molecule has 0 fully saturated rings. The Morgan fingerprint density at radius 1 is 1.11 bits per heavy atom. The van der Waals surface area contributed by atoms with Crippen LogP contribution in [-0.2, 0) is 6.42 Å². The number of rotatable bonds is 4. The highest BCUT2D eigenvalue weighted by Crippen LogP contribution is 2.34. The highest BCUT2D eigenvalue weighted by atomic mass is 35.5. The Balaban J connectivity index is 2.58. The molecule has 0 radical (unpaired) electrons. The first-order valence-corrected chi connectivity index (χ1v) is 6.67. The minimum Gasteiger partial charge on any atom is -0.496 e. The van der Waals surface area contributed by atoms with Crippen LogP contribution in [0.5, 0.6) is 5.75 Å². The van der Waals surface area contributed by atoms with Crippen LogP contribution in [0.3, 0.4) is 0 Å². The molecule has 0 saturated heterocycles. The van der Waals surface area contributed by atoms with Crippen molar-refractivity contribution in [1.29, 1.82) is 0 Å². The molecular weight excluding hydrogens is 258 g/mol. The molecule has 0 aromatic heterocycles. The van der Waals surface area contributed by atoms with Crippen molar-refractivity contribution < 1.29 is 4.74 Å². The Bertz CT molecular complexity index is 581. The fourth-order valence-electron chi connectivity index (χ4n) is 2.17. The third-order valence-electron chi connectivity index (χ3n) is 3.19. The average molecular weight is 276 g/mol. The van der Waals surface area contributed by atoms with Gasteiger partial charge in [-0.3, -0.25) is 0 Å².